The lowest BCUT2D eigenvalue weighted by Crippen LogP contribution is -2.47. The summed E-state index contributed by atoms with van der Waals surface area (Å²) in [6.45, 7) is 7.77. The molecule has 8 heteroatoms. The average molecular weight is 479 g/mol. The molecule has 0 radical (unpaired) electrons. The lowest BCUT2D eigenvalue weighted by atomic mass is 10.1. The van der Waals surface area contributed by atoms with Gasteiger partial charge in [-0.25, -0.2) is 0 Å². The summed E-state index contributed by atoms with van der Waals surface area (Å²) >= 11 is 0. The standard InChI is InChI=1S/C27H38N6O2/c1-20-8-4-5-9-23(20)31-14-16-32(17-15-31)25-19-24(30(2)3)21(18-22(25)28)27(35)29-11-7-13-33-12-6-10-26(33)34/h4-5,8-9,18-19H,6-7,10-17,28H2,1-3H3,(H,29,35). The Hall–Kier alpha value is -3.42. The number of hydrogen-bond acceptors (Lipinski definition) is 6. The molecule has 8 nitrogen and oxygen atoms in total. The normalized spacial score (nSPS) is 16.1. The summed E-state index contributed by atoms with van der Waals surface area (Å²) in [4.78, 5) is 33.3. The molecule has 2 heterocycles. The zero-order chi connectivity index (χ0) is 24.9. The third-order valence-corrected chi connectivity index (χ3v) is 7.01. The van der Waals surface area contributed by atoms with Gasteiger partial charge in [-0.2, -0.15) is 0 Å². The van der Waals surface area contributed by atoms with Gasteiger partial charge in [0.1, 0.15) is 0 Å². The number of carbonyl (C=O) groups excluding carboxylic acids is 2. The van der Waals surface area contributed by atoms with E-state index >= 15 is 0 Å². The van der Waals surface area contributed by atoms with Crippen molar-refractivity contribution >= 4 is 34.6 Å². The fourth-order valence-electron chi connectivity index (χ4n) is 5.03. The number of para-hydroxylation sites is 1. The number of nitrogens with one attached hydrogen (secondary N) is 1. The van der Waals surface area contributed by atoms with E-state index in [1.807, 2.05) is 30.0 Å². The predicted molar refractivity (Wildman–Crippen MR) is 144 cm³/mol. The number of amides is 2. The van der Waals surface area contributed by atoms with Gasteiger partial charge in [0.15, 0.2) is 0 Å². The topological polar surface area (TPSA) is 85.2 Å². The molecular weight excluding hydrogens is 440 g/mol. The van der Waals surface area contributed by atoms with E-state index in [1.54, 1.807) is 6.07 Å². The monoisotopic (exact) mass is 478 g/mol. The number of likely N-dealkylation sites (tertiary alicyclic amines) is 1. The number of anilines is 4. The first-order valence-electron chi connectivity index (χ1n) is 12.6. The quantitative estimate of drug-likeness (QED) is 0.448. The molecule has 2 aliphatic heterocycles. The predicted octanol–water partition coefficient (Wildman–Crippen LogP) is 2.71. The van der Waals surface area contributed by atoms with Gasteiger partial charge in [-0.3, -0.25) is 9.59 Å². The highest BCUT2D eigenvalue weighted by atomic mass is 16.2. The van der Waals surface area contributed by atoms with Crippen molar-refractivity contribution < 1.29 is 9.59 Å². The number of rotatable bonds is 8. The number of piperazine rings is 1. The van der Waals surface area contributed by atoms with Crippen LogP contribution in [0.15, 0.2) is 36.4 Å². The summed E-state index contributed by atoms with van der Waals surface area (Å²) in [6, 6.07) is 12.3. The molecular formula is C27H38N6O2. The van der Waals surface area contributed by atoms with Gasteiger partial charge in [0.05, 0.1) is 22.6 Å². The zero-order valence-corrected chi connectivity index (χ0v) is 21.2. The minimum absolute atomic E-state index is 0.135. The molecule has 2 aromatic rings. The largest absolute Gasteiger partial charge is 0.397 e. The van der Waals surface area contributed by atoms with Crippen molar-refractivity contribution in [3.8, 4) is 0 Å². The van der Waals surface area contributed by atoms with Crippen molar-refractivity contribution in [3.05, 3.63) is 47.5 Å². The number of carbonyl (C=O) groups is 2. The highest BCUT2D eigenvalue weighted by molar-refractivity contribution is 6.02. The molecule has 0 saturated carbocycles. The van der Waals surface area contributed by atoms with Crippen molar-refractivity contribution in [2.75, 3.05) is 80.3 Å². The molecule has 2 amide bonds. The van der Waals surface area contributed by atoms with Gasteiger partial charge in [0, 0.05) is 72.0 Å². The smallest absolute Gasteiger partial charge is 0.253 e. The summed E-state index contributed by atoms with van der Waals surface area (Å²) in [7, 11) is 3.89. The molecule has 35 heavy (non-hydrogen) atoms. The Morgan fingerprint density at radius 2 is 1.71 bits per heavy atom. The van der Waals surface area contributed by atoms with Crippen LogP contribution >= 0.6 is 0 Å². The molecule has 0 bridgehead atoms. The number of benzene rings is 2. The van der Waals surface area contributed by atoms with Gasteiger partial charge in [0.2, 0.25) is 5.91 Å². The van der Waals surface area contributed by atoms with Crippen LogP contribution in [-0.2, 0) is 4.79 Å². The molecule has 2 aliphatic rings. The second kappa shape index (κ2) is 10.9. The zero-order valence-electron chi connectivity index (χ0n) is 21.2. The molecule has 0 aromatic heterocycles. The fourth-order valence-corrected chi connectivity index (χ4v) is 5.03. The molecule has 0 spiro atoms. The van der Waals surface area contributed by atoms with Crippen molar-refractivity contribution in [2.45, 2.75) is 26.2 Å². The number of nitrogens with two attached hydrogens (primary N) is 1. The van der Waals surface area contributed by atoms with E-state index in [1.165, 1.54) is 11.3 Å². The number of nitrogens with zero attached hydrogens (tertiary/aromatic N) is 4. The van der Waals surface area contributed by atoms with E-state index in [0.717, 1.165) is 56.9 Å². The van der Waals surface area contributed by atoms with Gasteiger partial charge in [-0.05, 0) is 43.5 Å². The maximum atomic E-state index is 13.0. The average Bonchev–Trinajstić information content (AvgIpc) is 3.26. The third-order valence-electron chi connectivity index (χ3n) is 7.01. The van der Waals surface area contributed by atoms with Gasteiger partial charge >= 0.3 is 0 Å². The third kappa shape index (κ3) is 5.63. The second-order valence-corrected chi connectivity index (χ2v) is 9.68. The number of aryl methyl sites for hydroxylation is 1. The molecule has 2 aromatic carbocycles. The highest BCUT2D eigenvalue weighted by Crippen LogP contribution is 2.33. The van der Waals surface area contributed by atoms with E-state index in [2.05, 4.69) is 46.3 Å². The minimum atomic E-state index is -0.135. The van der Waals surface area contributed by atoms with Crippen molar-refractivity contribution in [1.82, 2.24) is 10.2 Å². The SMILES string of the molecule is Cc1ccccc1N1CCN(c2cc(N(C)C)c(C(=O)NCCCN3CCCC3=O)cc2N)CC1. The van der Waals surface area contributed by atoms with Gasteiger partial charge in [-0.15, -0.1) is 0 Å². The molecule has 188 valence electrons. The van der Waals surface area contributed by atoms with Gasteiger partial charge in [0.25, 0.3) is 5.91 Å². The second-order valence-electron chi connectivity index (χ2n) is 9.68. The summed E-state index contributed by atoms with van der Waals surface area (Å²) in [6.07, 6.45) is 2.32. The van der Waals surface area contributed by atoms with Crippen LogP contribution in [0, 0.1) is 6.92 Å². The van der Waals surface area contributed by atoms with Crippen LogP contribution in [0.2, 0.25) is 0 Å². The summed E-state index contributed by atoms with van der Waals surface area (Å²) in [5.74, 6) is 0.0818. The fraction of sp³-hybridized carbons (Fsp3) is 0.481. The summed E-state index contributed by atoms with van der Waals surface area (Å²) < 4.78 is 0. The minimum Gasteiger partial charge on any atom is -0.397 e. The first-order valence-corrected chi connectivity index (χ1v) is 12.6. The van der Waals surface area contributed by atoms with Crippen molar-refractivity contribution in [3.63, 3.8) is 0 Å². The molecule has 0 aliphatic carbocycles. The van der Waals surface area contributed by atoms with Gasteiger partial charge in [-0.1, -0.05) is 18.2 Å². The maximum absolute atomic E-state index is 13.0. The lowest BCUT2D eigenvalue weighted by molar-refractivity contribution is -0.127. The summed E-state index contributed by atoms with van der Waals surface area (Å²) in [5.41, 5.74) is 12.1. The first-order chi connectivity index (χ1) is 16.8. The van der Waals surface area contributed by atoms with E-state index < -0.39 is 0 Å². The molecule has 2 saturated heterocycles. The number of nitrogen functional groups attached to an aromatic ring is 1. The maximum Gasteiger partial charge on any atom is 0.253 e. The molecule has 2 fully saturated rings. The molecule has 0 unspecified atom stereocenters. The molecule has 3 N–H and O–H groups in total. The Balaban J connectivity index is 1.40. The molecule has 4 rings (SSSR count). The Kier molecular flexibility index (Phi) is 7.68. The van der Waals surface area contributed by atoms with Crippen LogP contribution in [0.4, 0.5) is 22.7 Å². The van der Waals surface area contributed by atoms with E-state index in [0.29, 0.717) is 30.8 Å². The van der Waals surface area contributed by atoms with E-state index in [-0.39, 0.29) is 11.8 Å². The number of hydrogen-bond donors (Lipinski definition) is 2. The van der Waals surface area contributed by atoms with E-state index in [9.17, 15) is 9.59 Å². The Morgan fingerprint density at radius 1 is 1.03 bits per heavy atom. The lowest BCUT2D eigenvalue weighted by Gasteiger charge is -2.38. The van der Waals surface area contributed by atoms with Crippen LogP contribution in [0.25, 0.3) is 0 Å². The van der Waals surface area contributed by atoms with Crippen LogP contribution in [-0.4, -0.2) is 76.6 Å². The van der Waals surface area contributed by atoms with Crippen LogP contribution < -0.4 is 25.8 Å². The van der Waals surface area contributed by atoms with Crippen LogP contribution in [0.3, 0.4) is 0 Å². The summed E-state index contributed by atoms with van der Waals surface area (Å²) in [5, 5.41) is 3.01. The Labute approximate surface area is 208 Å². The highest BCUT2D eigenvalue weighted by Gasteiger charge is 2.23. The van der Waals surface area contributed by atoms with E-state index in [4.69, 9.17) is 5.73 Å². The van der Waals surface area contributed by atoms with Crippen molar-refractivity contribution in [1.29, 1.82) is 0 Å². The van der Waals surface area contributed by atoms with Crippen LogP contribution in [0.1, 0.15) is 35.2 Å². The van der Waals surface area contributed by atoms with Gasteiger partial charge < -0.3 is 30.7 Å². The van der Waals surface area contributed by atoms with Crippen molar-refractivity contribution in [2.24, 2.45) is 0 Å². The first kappa shape index (κ1) is 24.7. The van der Waals surface area contributed by atoms with Crippen LogP contribution in [0.5, 0.6) is 0 Å². The Morgan fingerprint density at radius 3 is 2.34 bits per heavy atom. The Bertz CT molecular complexity index is 1060. The molecule has 0 atom stereocenters.